The number of hydrogen-bond donors (Lipinski definition) is 2. The lowest BCUT2D eigenvalue weighted by atomic mass is 10.1. The molecule has 2 aliphatic heterocycles. The van der Waals surface area contributed by atoms with Gasteiger partial charge in [-0.1, -0.05) is 42.5 Å². The average Bonchev–Trinajstić information content (AvgIpc) is 4.02. The number of allylic oxidation sites excluding steroid dienone is 1. The van der Waals surface area contributed by atoms with Crippen molar-refractivity contribution in [3.8, 4) is 22.8 Å². The minimum atomic E-state index is -3.84. The van der Waals surface area contributed by atoms with Gasteiger partial charge in [-0.05, 0) is 57.1 Å². The van der Waals surface area contributed by atoms with E-state index in [-0.39, 0.29) is 31.9 Å². The van der Waals surface area contributed by atoms with Gasteiger partial charge in [-0.3, -0.25) is 19.2 Å². The van der Waals surface area contributed by atoms with E-state index in [2.05, 4.69) is 10.0 Å². The Morgan fingerprint density at radius 1 is 1.08 bits per heavy atom. The fraction of sp³-hybridized carbons (Fsp3) is 0.444. The molecule has 3 fully saturated rings. The van der Waals surface area contributed by atoms with Crippen LogP contribution in [0.4, 0.5) is 4.79 Å². The van der Waals surface area contributed by atoms with Gasteiger partial charge in [0.2, 0.25) is 15.9 Å². The summed E-state index contributed by atoms with van der Waals surface area (Å²) in [7, 11) is -2.25. The zero-order valence-electron chi connectivity index (χ0n) is 27.3. The van der Waals surface area contributed by atoms with Crippen LogP contribution in [0.3, 0.4) is 0 Å². The predicted molar refractivity (Wildman–Crippen MR) is 181 cm³/mol. The average molecular weight is 689 g/mol. The van der Waals surface area contributed by atoms with Crippen molar-refractivity contribution in [1.82, 2.24) is 19.9 Å². The highest BCUT2D eigenvalue weighted by atomic mass is 32.2. The van der Waals surface area contributed by atoms with Gasteiger partial charge in [0.15, 0.2) is 0 Å². The number of benzene rings is 2. The summed E-state index contributed by atoms with van der Waals surface area (Å²) >= 11 is 0. The lowest BCUT2D eigenvalue weighted by Crippen LogP contribution is -2.56. The van der Waals surface area contributed by atoms with E-state index < -0.39 is 50.9 Å². The Balaban J connectivity index is 1.18. The first kappa shape index (κ1) is 32.9. The lowest BCUT2D eigenvalue weighted by Gasteiger charge is -2.26. The van der Waals surface area contributed by atoms with Crippen molar-refractivity contribution >= 4 is 38.8 Å². The number of fused-ring (bicyclic) bond motifs is 3. The number of carbonyl (C=O) groups excluding carboxylic acids is 3. The van der Waals surface area contributed by atoms with Crippen molar-refractivity contribution in [2.24, 2.45) is 5.92 Å². The molecule has 0 radical (unpaired) electrons. The second-order valence-corrected chi connectivity index (χ2v) is 15.2. The number of amides is 3. The second-order valence-electron chi connectivity index (χ2n) is 13.2. The third-order valence-corrected chi connectivity index (χ3v) is 11.5. The molecular formula is C36H40N4O8S. The fourth-order valence-electron chi connectivity index (χ4n) is 6.68. The van der Waals surface area contributed by atoms with Crippen molar-refractivity contribution in [2.45, 2.75) is 74.3 Å². The maximum atomic E-state index is 14.1. The Hall–Kier alpha value is -4.65. The molecule has 4 unspecified atom stereocenters. The first-order chi connectivity index (χ1) is 23.7. The zero-order valence-corrected chi connectivity index (χ0v) is 28.1. The Kier molecular flexibility index (Phi) is 8.95. The van der Waals surface area contributed by atoms with Gasteiger partial charge in [-0.2, -0.15) is 0 Å². The van der Waals surface area contributed by atoms with Crippen molar-refractivity contribution in [1.29, 1.82) is 0 Å². The van der Waals surface area contributed by atoms with Gasteiger partial charge in [-0.15, -0.1) is 0 Å². The molecule has 4 aliphatic rings. The number of carbonyl (C=O) groups is 3. The van der Waals surface area contributed by atoms with Crippen LogP contribution >= 0.6 is 0 Å². The maximum Gasteiger partial charge on any atom is 0.410 e. The summed E-state index contributed by atoms with van der Waals surface area (Å²) < 4.78 is 45.3. The van der Waals surface area contributed by atoms with Gasteiger partial charge in [0.25, 0.3) is 5.91 Å². The van der Waals surface area contributed by atoms with Crippen molar-refractivity contribution in [3.05, 3.63) is 66.7 Å². The molecule has 0 bridgehead atoms. The molecule has 7 rings (SSSR count). The second kappa shape index (κ2) is 13.3. The normalized spacial score (nSPS) is 26.6. The van der Waals surface area contributed by atoms with Gasteiger partial charge in [0.05, 0.1) is 36.7 Å². The van der Waals surface area contributed by atoms with Crippen LogP contribution < -0.4 is 19.5 Å². The molecular weight excluding hydrogens is 648 g/mol. The summed E-state index contributed by atoms with van der Waals surface area (Å²) in [5.41, 5.74) is 0.792. The van der Waals surface area contributed by atoms with Crippen molar-refractivity contribution < 1.29 is 37.0 Å². The Bertz CT molecular complexity index is 1900. The van der Waals surface area contributed by atoms with Crippen LogP contribution in [0, 0.1) is 5.92 Å². The largest absolute Gasteiger partial charge is 0.497 e. The highest BCUT2D eigenvalue weighted by molar-refractivity contribution is 7.91. The topological polar surface area (TPSA) is 153 Å². The van der Waals surface area contributed by atoms with Gasteiger partial charge in [-0.25, -0.2) is 18.2 Å². The maximum absolute atomic E-state index is 14.1. The van der Waals surface area contributed by atoms with Gasteiger partial charge >= 0.3 is 6.09 Å². The van der Waals surface area contributed by atoms with Gasteiger partial charge in [0, 0.05) is 35.4 Å². The van der Waals surface area contributed by atoms with E-state index in [1.165, 1.54) is 4.90 Å². The van der Waals surface area contributed by atoms with Crippen molar-refractivity contribution in [3.63, 3.8) is 0 Å². The molecule has 12 nitrogen and oxygen atoms in total. The van der Waals surface area contributed by atoms with Gasteiger partial charge < -0.3 is 19.5 Å². The number of pyridine rings is 1. The molecule has 0 spiro atoms. The van der Waals surface area contributed by atoms with E-state index in [0.717, 1.165) is 30.2 Å². The summed E-state index contributed by atoms with van der Waals surface area (Å²) in [6.07, 6.45) is 7.12. The summed E-state index contributed by atoms with van der Waals surface area (Å²) in [6, 6.07) is 16.0. The summed E-state index contributed by atoms with van der Waals surface area (Å²) in [5.74, 6) is -0.526. The monoisotopic (exact) mass is 688 g/mol. The van der Waals surface area contributed by atoms with Crippen LogP contribution in [0.25, 0.3) is 22.2 Å². The number of hydrogen-bond acceptors (Lipinski definition) is 9. The molecule has 1 aromatic heterocycles. The molecule has 2 saturated carbocycles. The molecule has 3 aromatic rings. The SMILES string of the molecule is COc1ccc2c(OC3CC4C(=O)NC5(C(=O)NS(=O)(=O)C6CC6)CC5/C=C\CCCCCOC(=O)N4C3)cc(-c3ccccc3)nc2c1. The third kappa shape index (κ3) is 6.94. The van der Waals surface area contributed by atoms with Crippen LogP contribution in [-0.2, 0) is 24.3 Å². The molecule has 1 saturated heterocycles. The van der Waals surface area contributed by atoms with Crippen LogP contribution in [-0.4, -0.2) is 79.4 Å². The van der Waals surface area contributed by atoms with E-state index in [1.54, 1.807) is 7.11 Å². The Morgan fingerprint density at radius 2 is 1.90 bits per heavy atom. The summed E-state index contributed by atoms with van der Waals surface area (Å²) in [6.45, 7) is 0.278. The number of nitrogens with zero attached hydrogens (tertiary/aromatic N) is 2. The first-order valence-electron chi connectivity index (χ1n) is 16.9. The van der Waals surface area contributed by atoms with Crippen LogP contribution in [0.1, 0.15) is 51.4 Å². The summed E-state index contributed by atoms with van der Waals surface area (Å²) in [5, 5.41) is 3.01. The highest BCUT2D eigenvalue weighted by Crippen LogP contribution is 2.46. The molecule has 13 heteroatoms. The smallest absolute Gasteiger partial charge is 0.410 e. The number of methoxy groups -OCH3 is 1. The van der Waals surface area contributed by atoms with E-state index in [0.29, 0.717) is 42.0 Å². The standard InChI is InChI=1S/C36H40N4O8S/c1-46-25-13-16-28-30(18-25)37-29(23-10-6-5-7-11-23)20-32(28)48-26-19-31-33(41)38-36(34(42)39-49(44,45)27-14-15-27)21-24(36)12-8-3-2-4-9-17-47-35(43)40(31)22-26/h5-8,10-13,16,18,20,24,26-27,31H,2-4,9,14-15,17,19,21-22H2,1H3,(H,38,41)(H,39,42)/b12-8-. The minimum absolute atomic E-state index is 0.0656. The lowest BCUT2D eigenvalue weighted by molar-refractivity contribution is -0.131. The fourth-order valence-corrected chi connectivity index (χ4v) is 8.04. The Labute approximate surface area is 285 Å². The number of nitrogens with one attached hydrogen (secondary N) is 2. The molecule has 2 aromatic carbocycles. The predicted octanol–water partition coefficient (Wildman–Crippen LogP) is 4.48. The van der Waals surface area contributed by atoms with E-state index >= 15 is 0 Å². The number of ether oxygens (including phenoxy) is 3. The number of sulfonamides is 1. The van der Waals surface area contributed by atoms with Crippen LogP contribution in [0.15, 0.2) is 66.7 Å². The summed E-state index contributed by atoms with van der Waals surface area (Å²) in [4.78, 5) is 47.3. The molecule has 2 N–H and O–H groups in total. The quantitative estimate of drug-likeness (QED) is 0.342. The zero-order chi connectivity index (χ0) is 34.2. The van der Waals surface area contributed by atoms with Crippen molar-refractivity contribution in [2.75, 3.05) is 20.3 Å². The molecule has 4 atom stereocenters. The first-order valence-corrected chi connectivity index (χ1v) is 18.4. The molecule has 3 heterocycles. The number of rotatable bonds is 7. The Morgan fingerprint density at radius 3 is 2.67 bits per heavy atom. The molecule has 2 aliphatic carbocycles. The number of aromatic nitrogens is 1. The van der Waals surface area contributed by atoms with E-state index in [4.69, 9.17) is 19.2 Å². The molecule has 258 valence electrons. The number of cyclic esters (lactones) is 1. The van der Waals surface area contributed by atoms with Crippen LogP contribution in [0.2, 0.25) is 0 Å². The van der Waals surface area contributed by atoms with Crippen LogP contribution in [0.5, 0.6) is 11.5 Å². The van der Waals surface area contributed by atoms with E-state index in [9.17, 15) is 22.8 Å². The minimum Gasteiger partial charge on any atom is -0.497 e. The third-order valence-electron chi connectivity index (χ3n) is 9.72. The van der Waals surface area contributed by atoms with Gasteiger partial charge in [0.1, 0.15) is 29.2 Å². The highest BCUT2D eigenvalue weighted by Gasteiger charge is 2.62. The molecule has 49 heavy (non-hydrogen) atoms. The van der Waals surface area contributed by atoms with E-state index in [1.807, 2.05) is 66.7 Å². The molecule has 3 amide bonds.